The van der Waals surface area contributed by atoms with E-state index in [4.69, 9.17) is 4.65 Å². The van der Waals surface area contributed by atoms with Crippen molar-refractivity contribution in [2.45, 2.75) is 19.8 Å². The van der Waals surface area contributed by atoms with E-state index < -0.39 is 0 Å². The van der Waals surface area contributed by atoms with Gasteiger partial charge in [-0.25, -0.2) is 0 Å². The molecule has 0 saturated heterocycles. The van der Waals surface area contributed by atoms with Crippen LogP contribution >= 0.6 is 0 Å². The molecular weight excluding hydrogens is 88.1 g/mol. The molecule has 1 heteroatoms. The topological polar surface area (TPSA) is 19.9 Å². The van der Waals surface area contributed by atoms with Gasteiger partial charge in [0.1, 0.15) is 0 Å². The SMILES string of the molecule is CC=C1CC1.[C-]#[O+]. The number of rotatable bonds is 0. The second-order valence-corrected chi connectivity index (χ2v) is 1.45. The Labute approximate surface area is 43.8 Å². The molecule has 38 valence electrons. The quantitative estimate of drug-likeness (QED) is 0.248. The van der Waals surface area contributed by atoms with Crippen LogP contribution in [0, 0.1) is 6.65 Å². The molecule has 7 heavy (non-hydrogen) atoms. The molecule has 0 spiro atoms. The van der Waals surface area contributed by atoms with Gasteiger partial charge in [0.15, 0.2) is 0 Å². The normalized spacial score (nSPS) is 13.9. The van der Waals surface area contributed by atoms with E-state index in [1.54, 1.807) is 5.57 Å². The molecule has 0 aromatic rings. The molecule has 1 aliphatic rings. The zero-order valence-electron chi connectivity index (χ0n) is 4.40. The fourth-order valence-electron chi connectivity index (χ4n) is 0.361. The molecule has 0 aliphatic heterocycles. The van der Waals surface area contributed by atoms with Crippen molar-refractivity contribution in [1.82, 2.24) is 0 Å². The van der Waals surface area contributed by atoms with E-state index in [0.29, 0.717) is 0 Å². The van der Waals surface area contributed by atoms with Crippen LogP contribution in [-0.2, 0) is 4.65 Å². The van der Waals surface area contributed by atoms with Gasteiger partial charge in [-0.1, -0.05) is 11.6 Å². The van der Waals surface area contributed by atoms with Crippen LogP contribution in [-0.4, -0.2) is 0 Å². The Morgan fingerprint density at radius 1 is 1.57 bits per heavy atom. The fourth-order valence-corrected chi connectivity index (χ4v) is 0.361. The maximum absolute atomic E-state index is 7.50. The average Bonchev–Trinajstić information content (AvgIpc) is 2.52. The minimum atomic E-state index is 1.37. The third-order valence-electron chi connectivity index (χ3n) is 0.947. The zero-order valence-corrected chi connectivity index (χ0v) is 4.40. The molecule has 1 aliphatic carbocycles. The van der Waals surface area contributed by atoms with Crippen LogP contribution in [0.2, 0.25) is 0 Å². The van der Waals surface area contributed by atoms with Gasteiger partial charge in [-0.3, -0.25) is 0 Å². The first kappa shape index (κ1) is 6.48. The third kappa shape index (κ3) is 3.31. The van der Waals surface area contributed by atoms with E-state index in [1.807, 2.05) is 0 Å². The first-order chi connectivity index (χ1) is 3.43. The van der Waals surface area contributed by atoms with E-state index in [2.05, 4.69) is 19.7 Å². The summed E-state index contributed by atoms with van der Waals surface area (Å²) in [5, 5.41) is 0. The Balaban J connectivity index is 0.000000162. The average molecular weight is 96.1 g/mol. The van der Waals surface area contributed by atoms with Crippen molar-refractivity contribution in [1.29, 1.82) is 0 Å². The van der Waals surface area contributed by atoms with Gasteiger partial charge >= 0.3 is 11.3 Å². The molecular formula is C6H8O. The van der Waals surface area contributed by atoms with Crippen molar-refractivity contribution in [2.75, 3.05) is 0 Å². The Morgan fingerprint density at radius 2 is 2.00 bits per heavy atom. The van der Waals surface area contributed by atoms with Crippen molar-refractivity contribution in [3.8, 4) is 0 Å². The molecule has 1 saturated carbocycles. The molecule has 0 amide bonds. The summed E-state index contributed by atoms with van der Waals surface area (Å²) >= 11 is 0. The second-order valence-electron chi connectivity index (χ2n) is 1.45. The van der Waals surface area contributed by atoms with Gasteiger partial charge in [0, 0.05) is 0 Å². The summed E-state index contributed by atoms with van der Waals surface area (Å²) in [6.45, 7) is 6.60. The molecule has 0 atom stereocenters. The van der Waals surface area contributed by atoms with E-state index >= 15 is 0 Å². The second kappa shape index (κ2) is 3.66. The first-order valence-electron chi connectivity index (χ1n) is 2.28. The summed E-state index contributed by atoms with van der Waals surface area (Å²) in [5.74, 6) is 0. The zero-order chi connectivity index (χ0) is 5.70. The van der Waals surface area contributed by atoms with Crippen molar-refractivity contribution in [3.05, 3.63) is 18.3 Å². The van der Waals surface area contributed by atoms with Crippen molar-refractivity contribution < 1.29 is 4.65 Å². The predicted octanol–water partition coefficient (Wildman–Crippen LogP) is 1.69. The summed E-state index contributed by atoms with van der Waals surface area (Å²) in [6.07, 6.45) is 4.94. The number of hydrogen-bond donors (Lipinski definition) is 0. The van der Waals surface area contributed by atoms with Crippen LogP contribution in [0.3, 0.4) is 0 Å². The molecule has 1 rings (SSSR count). The van der Waals surface area contributed by atoms with E-state index in [1.165, 1.54) is 12.8 Å². The van der Waals surface area contributed by atoms with Crippen LogP contribution in [0.25, 0.3) is 0 Å². The summed E-state index contributed by atoms with van der Waals surface area (Å²) in [5.41, 5.74) is 1.63. The van der Waals surface area contributed by atoms with Gasteiger partial charge in [0.05, 0.1) is 0 Å². The summed E-state index contributed by atoms with van der Waals surface area (Å²) in [6, 6.07) is 0. The molecule has 0 radical (unpaired) electrons. The van der Waals surface area contributed by atoms with Gasteiger partial charge in [0.2, 0.25) is 0 Å². The summed E-state index contributed by atoms with van der Waals surface area (Å²) in [7, 11) is 0. The van der Waals surface area contributed by atoms with Crippen LogP contribution < -0.4 is 0 Å². The van der Waals surface area contributed by atoms with Gasteiger partial charge in [-0.05, 0) is 19.8 Å². The molecule has 1 nitrogen and oxygen atoms in total. The third-order valence-corrected chi connectivity index (χ3v) is 0.947. The molecule has 0 bridgehead atoms. The van der Waals surface area contributed by atoms with E-state index in [0.717, 1.165) is 0 Å². The Hall–Kier alpha value is -0.520. The van der Waals surface area contributed by atoms with Gasteiger partial charge in [-0.2, -0.15) is 0 Å². The standard InChI is InChI=1S/C5H8.CO/c1-2-5-3-4-5;1-2/h2H,3-4H2,1H3;. The molecule has 1 fully saturated rings. The van der Waals surface area contributed by atoms with Gasteiger partial charge in [0.25, 0.3) is 0 Å². The summed E-state index contributed by atoms with van der Waals surface area (Å²) in [4.78, 5) is 0. The minimum absolute atomic E-state index is 1.37. The fraction of sp³-hybridized carbons (Fsp3) is 0.500. The maximum atomic E-state index is 7.50. The van der Waals surface area contributed by atoms with E-state index in [-0.39, 0.29) is 0 Å². The first-order valence-corrected chi connectivity index (χ1v) is 2.28. The van der Waals surface area contributed by atoms with Crippen molar-refractivity contribution in [2.24, 2.45) is 0 Å². The van der Waals surface area contributed by atoms with Crippen LogP contribution in [0.1, 0.15) is 19.8 Å². The monoisotopic (exact) mass is 96.1 g/mol. The Bertz CT molecular complexity index is 83.6. The van der Waals surface area contributed by atoms with E-state index in [9.17, 15) is 0 Å². The number of hydrogen-bond acceptors (Lipinski definition) is 0. The predicted molar refractivity (Wildman–Crippen MR) is 26.9 cm³/mol. The number of allylic oxidation sites excluding steroid dienone is 2. The molecule has 0 N–H and O–H groups in total. The van der Waals surface area contributed by atoms with Crippen molar-refractivity contribution in [3.63, 3.8) is 0 Å². The Kier molecular flexibility index (Phi) is 3.39. The summed E-state index contributed by atoms with van der Waals surface area (Å²) < 4.78 is 7.50. The molecule has 0 aromatic heterocycles. The van der Waals surface area contributed by atoms with Crippen molar-refractivity contribution >= 4 is 0 Å². The van der Waals surface area contributed by atoms with Crippen LogP contribution in [0.5, 0.6) is 0 Å². The Morgan fingerprint density at radius 3 is 2.00 bits per heavy atom. The van der Waals surface area contributed by atoms with Gasteiger partial charge < -0.3 is 0 Å². The molecule has 0 aromatic carbocycles. The molecule has 0 unspecified atom stereocenters. The molecule has 0 heterocycles. The van der Waals surface area contributed by atoms with Crippen LogP contribution in [0.4, 0.5) is 0 Å². The van der Waals surface area contributed by atoms with Crippen LogP contribution in [0.15, 0.2) is 11.6 Å². The van der Waals surface area contributed by atoms with Gasteiger partial charge in [-0.15, -0.1) is 0 Å².